The van der Waals surface area contributed by atoms with Crippen molar-refractivity contribution in [1.82, 2.24) is 4.90 Å². The van der Waals surface area contributed by atoms with E-state index in [0.29, 0.717) is 0 Å². The Morgan fingerprint density at radius 1 is 1.11 bits per heavy atom. The van der Waals surface area contributed by atoms with Gasteiger partial charge < -0.3 is 10.6 Å². The molecule has 0 aromatic heterocycles. The third kappa shape index (κ3) is 3.50. The van der Waals surface area contributed by atoms with E-state index in [0.717, 1.165) is 63.5 Å². The summed E-state index contributed by atoms with van der Waals surface area (Å²) in [5.74, 6) is 1.74. The third-order valence-corrected chi connectivity index (χ3v) is 5.17. The minimum absolute atomic E-state index is 0.233. The highest BCUT2D eigenvalue weighted by Gasteiger charge is 2.38. The van der Waals surface area contributed by atoms with Crippen LogP contribution in [0.15, 0.2) is 0 Å². The quantitative estimate of drug-likeness (QED) is 0.835. The summed E-state index contributed by atoms with van der Waals surface area (Å²) in [5, 5.41) is 0. The van der Waals surface area contributed by atoms with Gasteiger partial charge >= 0.3 is 0 Å². The van der Waals surface area contributed by atoms with Crippen LogP contribution in [-0.2, 0) is 4.79 Å². The van der Waals surface area contributed by atoms with Gasteiger partial charge in [-0.2, -0.15) is 0 Å². The zero-order valence-corrected chi connectivity index (χ0v) is 12.7. The van der Waals surface area contributed by atoms with Crippen LogP contribution in [0, 0.1) is 11.8 Å². The maximum atomic E-state index is 12.7. The fourth-order valence-corrected chi connectivity index (χ4v) is 3.70. The van der Waals surface area contributed by atoms with Gasteiger partial charge in [0.05, 0.1) is 5.54 Å². The first-order valence-corrected chi connectivity index (χ1v) is 8.11. The van der Waals surface area contributed by atoms with Crippen LogP contribution >= 0.6 is 0 Å². The molecule has 1 aliphatic heterocycles. The second-order valence-corrected chi connectivity index (χ2v) is 6.94. The minimum atomic E-state index is -0.546. The molecule has 0 aromatic carbocycles. The van der Waals surface area contributed by atoms with Crippen LogP contribution in [0.2, 0.25) is 0 Å². The molecule has 2 N–H and O–H groups in total. The number of carbonyl (C=O) groups is 1. The van der Waals surface area contributed by atoms with E-state index in [1.54, 1.807) is 0 Å². The van der Waals surface area contributed by atoms with E-state index < -0.39 is 5.54 Å². The van der Waals surface area contributed by atoms with E-state index in [-0.39, 0.29) is 5.91 Å². The Labute approximate surface area is 117 Å². The van der Waals surface area contributed by atoms with E-state index in [1.807, 2.05) is 0 Å². The van der Waals surface area contributed by atoms with Gasteiger partial charge in [-0.25, -0.2) is 0 Å². The number of rotatable bonds is 2. The summed E-state index contributed by atoms with van der Waals surface area (Å²) >= 11 is 0. The van der Waals surface area contributed by atoms with Crippen LogP contribution in [0.1, 0.15) is 65.2 Å². The number of hydrogen-bond acceptors (Lipinski definition) is 2. The fraction of sp³-hybridized carbons (Fsp3) is 0.938. The Bertz CT molecular complexity index is 308. The number of nitrogens with zero attached hydrogens (tertiary/aromatic N) is 1. The van der Waals surface area contributed by atoms with Crippen molar-refractivity contribution in [2.24, 2.45) is 17.6 Å². The van der Waals surface area contributed by atoms with Gasteiger partial charge in [0.25, 0.3) is 0 Å². The summed E-state index contributed by atoms with van der Waals surface area (Å²) in [7, 11) is 0. The predicted molar refractivity (Wildman–Crippen MR) is 78.8 cm³/mol. The van der Waals surface area contributed by atoms with Crippen molar-refractivity contribution in [3.63, 3.8) is 0 Å². The smallest absolute Gasteiger partial charge is 0.242 e. The molecule has 1 aliphatic carbocycles. The lowest BCUT2D eigenvalue weighted by Crippen LogP contribution is -2.56. The Kier molecular flexibility index (Phi) is 4.88. The third-order valence-electron chi connectivity index (χ3n) is 5.17. The highest BCUT2D eigenvalue weighted by Crippen LogP contribution is 2.30. The predicted octanol–water partition coefficient (Wildman–Crippen LogP) is 2.93. The minimum Gasteiger partial charge on any atom is -0.341 e. The number of likely N-dealkylation sites (tertiary alicyclic amines) is 1. The van der Waals surface area contributed by atoms with Crippen LogP contribution in [0.5, 0.6) is 0 Å². The average Bonchev–Trinajstić information content (AvgIpc) is 2.64. The van der Waals surface area contributed by atoms with Crippen LogP contribution in [0.4, 0.5) is 0 Å². The molecule has 1 saturated heterocycles. The molecule has 2 rings (SSSR count). The van der Waals surface area contributed by atoms with Crippen LogP contribution in [0.25, 0.3) is 0 Å². The Balaban J connectivity index is 1.95. The van der Waals surface area contributed by atoms with Crippen molar-refractivity contribution >= 4 is 5.91 Å². The zero-order valence-electron chi connectivity index (χ0n) is 12.7. The molecule has 1 heterocycles. The standard InChI is InChI=1S/C16H30N2O/c1-13(2)14-7-6-11-18(12-8-14)15(19)16(17)9-4-3-5-10-16/h13-14H,3-12,17H2,1-2H3. The van der Waals surface area contributed by atoms with Crippen molar-refractivity contribution in [1.29, 1.82) is 0 Å². The maximum Gasteiger partial charge on any atom is 0.242 e. The normalized spacial score (nSPS) is 28.2. The highest BCUT2D eigenvalue weighted by molar-refractivity contribution is 5.86. The number of hydrogen-bond donors (Lipinski definition) is 1. The maximum absolute atomic E-state index is 12.7. The van der Waals surface area contributed by atoms with Gasteiger partial charge in [0, 0.05) is 13.1 Å². The lowest BCUT2D eigenvalue weighted by molar-refractivity contribution is -0.138. The first kappa shape index (κ1) is 14.8. The van der Waals surface area contributed by atoms with Gasteiger partial charge in [0.2, 0.25) is 5.91 Å². The van der Waals surface area contributed by atoms with E-state index in [9.17, 15) is 4.79 Å². The molecular weight excluding hydrogens is 236 g/mol. The highest BCUT2D eigenvalue weighted by atomic mass is 16.2. The summed E-state index contributed by atoms with van der Waals surface area (Å²) in [5.41, 5.74) is 5.84. The summed E-state index contributed by atoms with van der Waals surface area (Å²) in [4.78, 5) is 14.8. The van der Waals surface area contributed by atoms with Crippen LogP contribution < -0.4 is 5.73 Å². The second-order valence-electron chi connectivity index (χ2n) is 6.94. The second kappa shape index (κ2) is 6.25. The Morgan fingerprint density at radius 3 is 2.42 bits per heavy atom. The molecule has 0 bridgehead atoms. The lowest BCUT2D eigenvalue weighted by Gasteiger charge is -2.36. The summed E-state index contributed by atoms with van der Waals surface area (Å²) < 4.78 is 0. The van der Waals surface area contributed by atoms with Crippen molar-refractivity contribution < 1.29 is 4.79 Å². The van der Waals surface area contributed by atoms with Crippen molar-refractivity contribution in [3.05, 3.63) is 0 Å². The van der Waals surface area contributed by atoms with Crippen molar-refractivity contribution in [2.75, 3.05) is 13.1 Å². The molecule has 0 aromatic rings. The van der Waals surface area contributed by atoms with E-state index in [1.165, 1.54) is 12.8 Å². The summed E-state index contributed by atoms with van der Waals surface area (Å²) in [6, 6.07) is 0. The largest absolute Gasteiger partial charge is 0.341 e. The van der Waals surface area contributed by atoms with Gasteiger partial charge in [-0.1, -0.05) is 33.1 Å². The molecule has 1 amide bonds. The van der Waals surface area contributed by atoms with E-state index >= 15 is 0 Å². The topological polar surface area (TPSA) is 46.3 Å². The van der Waals surface area contributed by atoms with Gasteiger partial charge in [0.1, 0.15) is 0 Å². The number of amides is 1. The number of nitrogens with two attached hydrogens (primary N) is 1. The van der Waals surface area contributed by atoms with Gasteiger partial charge in [-0.15, -0.1) is 0 Å². The average molecular weight is 266 g/mol. The molecule has 1 unspecified atom stereocenters. The van der Waals surface area contributed by atoms with E-state index in [2.05, 4.69) is 18.7 Å². The first-order chi connectivity index (χ1) is 9.03. The Hall–Kier alpha value is -0.570. The molecule has 1 atom stereocenters. The molecule has 1 saturated carbocycles. The SMILES string of the molecule is CC(C)C1CCCN(C(=O)C2(N)CCCCC2)CC1. The number of carbonyl (C=O) groups excluding carboxylic acids is 1. The molecule has 3 nitrogen and oxygen atoms in total. The first-order valence-electron chi connectivity index (χ1n) is 8.11. The molecule has 19 heavy (non-hydrogen) atoms. The van der Waals surface area contributed by atoms with Gasteiger partial charge in [-0.3, -0.25) is 4.79 Å². The summed E-state index contributed by atoms with van der Waals surface area (Å²) in [6.45, 7) is 6.43. The Morgan fingerprint density at radius 2 is 1.79 bits per heavy atom. The molecule has 2 aliphatic rings. The molecule has 2 fully saturated rings. The fourth-order valence-electron chi connectivity index (χ4n) is 3.70. The monoisotopic (exact) mass is 266 g/mol. The van der Waals surface area contributed by atoms with Crippen LogP contribution in [0.3, 0.4) is 0 Å². The molecule has 0 spiro atoms. The molecule has 110 valence electrons. The molecule has 3 heteroatoms. The van der Waals surface area contributed by atoms with Gasteiger partial charge in [0.15, 0.2) is 0 Å². The van der Waals surface area contributed by atoms with Crippen molar-refractivity contribution in [2.45, 2.75) is 70.8 Å². The molecule has 0 radical (unpaired) electrons. The van der Waals surface area contributed by atoms with E-state index in [4.69, 9.17) is 5.73 Å². The lowest BCUT2D eigenvalue weighted by atomic mass is 9.81. The zero-order chi connectivity index (χ0) is 13.9. The van der Waals surface area contributed by atoms with Crippen LogP contribution in [-0.4, -0.2) is 29.4 Å². The summed E-state index contributed by atoms with van der Waals surface area (Å²) in [6.07, 6.45) is 8.80. The van der Waals surface area contributed by atoms with Crippen molar-refractivity contribution in [3.8, 4) is 0 Å². The van der Waals surface area contributed by atoms with Gasteiger partial charge in [-0.05, 0) is 43.9 Å². The molecular formula is C16H30N2O.